The summed E-state index contributed by atoms with van der Waals surface area (Å²) in [5.41, 5.74) is 2.49. The van der Waals surface area contributed by atoms with E-state index in [0.29, 0.717) is 6.54 Å². The van der Waals surface area contributed by atoms with Crippen LogP contribution in [0, 0.1) is 13.8 Å². The molecule has 6 nitrogen and oxygen atoms in total. The molecule has 0 radical (unpaired) electrons. The molecule has 1 aliphatic rings. The van der Waals surface area contributed by atoms with Gasteiger partial charge in [-0.3, -0.25) is 19.6 Å². The van der Waals surface area contributed by atoms with Gasteiger partial charge in [0.05, 0.1) is 23.5 Å². The summed E-state index contributed by atoms with van der Waals surface area (Å²) in [6, 6.07) is -0.461. The fraction of sp³-hybridized carbons (Fsp3) is 0.545. The minimum atomic E-state index is -0.461. The van der Waals surface area contributed by atoms with Crippen molar-refractivity contribution >= 4 is 17.5 Å². The van der Waals surface area contributed by atoms with Crippen molar-refractivity contribution in [1.29, 1.82) is 0 Å². The van der Waals surface area contributed by atoms with Gasteiger partial charge in [-0.2, -0.15) is 5.10 Å². The highest BCUT2D eigenvalue weighted by molar-refractivity contribution is 6.06. The maximum atomic E-state index is 11.9. The zero-order chi connectivity index (χ0) is 12.6. The number of H-pyrrole nitrogens is 1. The van der Waals surface area contributed by atoms with Crippen LogP contribution in [0.2, 0.25) is 0 Å². The molecule has 2 amide bonds. The Bertz CT molecular complexity index is 447. The molecule has 17 heavy (non-hydrogen) atoms. The van der Waals surface area contributed by atoms with E-state index < -0.39 is 6.04 Å². The molecule has 1 aromatic rings. The van der Waals surface area contributed by atoms with E-state index in [2.05, 4.69) is 15.5 Å². The summed E-state index contributed by atoms with van der Waals surface area (Å²) in [6.45, 7) is 5.96. The van der Waals surface area contributed by atoms with Crippen LogP contribution in [0.5, 0.6) is 0 Å². The lowest BCUT2D eigenvalue weighted by Crippen LogP contribution is -2.34. The minimum absolute atomic E-state index is 0.117. The van der Waals surface area contributed by atoms with Crippen molar-refractivity contribution < 1.29 is 9.59 Å². The van der Waals surface area contributed by atoms with E-state index in [-0.39, 0.29) is 18.2 Å². The lowest BCUT2D eigenvalue weighted by atomic mass is 10.2. The van der Waals surface area contributed by atoms with Crippen molar-refractivity contribution in [1.82, 2.24) is 15.1 Å². The first-order valence-electron chi connectivity index (χ1n) is 5.67. The predicted molar refractivity (Wildman–Crippen MR) is 62.5 cm³/mol. The van der Waals surface area contributed by atoms with Gasteiger partial charge in [-0.25, -0.2) is 0 Å². The molecule has 0 aromatic carbocycles. The number of hydrogen-bond donors (Lipinski definition) is 2. The van der Waals surface area contributed by atoms with Crippen molar-refractivity contribution in [3.05, 3.63) is 11.4 Å². The maximum Gasteiger partial charge on any atom is 0.252 e. The molecule has 92 valence electrons. The molecule has 2 rings (SSSR count). The summed E-state index contributed by atoms with van der Waals surface area (Å²) in [7, 11) is 0. The topological polar surface area (TPSA) is 78.1 Å². The van der Waals surface area contributed by atoms with Crippen LogP contribution >= 0.6 is 0 Å². The quantitative estimate of drug-likeness (QED) is 0.753. The van der Waals surface area contributed by atoms with E-state index in [0.717, 1.165) is 17.1 Å². The molecule has 1 aromatic heterocycles. The Hall–Kier alpha value is -1.85. The molecule has 0 aliphatic carbocycles. The first kappa shape index (κ1) is 11.6. The van der Waals surface area contributed by atoms with Crippen molar-refractivity contribution in [2.45, 2.75) is 33.2 Å². The van der Waals surface area contributed by atoms with Crippen LogP contribution in [-0.4, -0.2) is 39.5 Å². The number of nitrogens with one attached hydrogen (secondary N) is 2. The summed E-state index contributed by atoms with van der Waals surface area (Å²) >= 11 is 0. The first-order chi connectivity index (χ1) is 8.04. The summed E-state index contributed by atoms with van der Waals surface area (Å²) in [6.07, 6.45) is 0.219. The van der Waals surface area contributed by atoms with Gasteiger partial charge < -0.3 is 5.32 Å². The average molecular weight is 236 g/mol. The molecule has 1 unspecified atom stereocenters. The third kappa shape index (κ3) is 1.90. The fourth-order valence-electron chi connectivity index (χ4n) is 2.07. The van der Waals surface area contributed by atoms with Crippen molar-refractivity contribution in [2.24, 2.45) is 0 Å². The van der Waals surface area contributed by atoms with E-state index in [1.165, 1.54) is 4.90 Å². The number of aromatic amines is 1. The standard InChI is InChI=1S/C11H16N4O2/c1-4-15-9(16)5-8(11(15)17)12-10-6(2)13-14-7(10)3/h8,12H,4-5H2,1-3H3,(H,13,14). The Morgan fingerprint density at radius 1 is 1.47 bits per heavy atom. The molecule has 1 saturated heterocycles. The highest BCUT2D eigenvalue weighted by atomic mass is 16.2. The number of carbonyl (C=O) groups is 2. The number of rotatable bonds is 3. The number of likely N-dealkylation sites (tertiary alicyclic amines) is 1. The van der Waals surface area contributed by atoms with E-state index >= 15 is 0 Å². The lowest BCUT2D eigenvalue weighted by molar-refractivity contribution is -0.138. The molecular formula is C11H16N4O2. The molecule has 1 atom stereocenters. The monoisotopic (exact) mass is 236 g/mol. The number of aryl methyl sites for hydroxylation is 2. The van der Waals surface area contributed by atoms with Crippen molar-refractivity contribution in [3.63, 3.8) is 0 Å². The third-order valence-electron chi connectivity index (χ3n) is 3.01. The highest BCUT2D eigenvalue weighted by Crippen LogP contribution is 2.22. The zero-order valence-corrected chi connectivity index (χ0v) is 10.2. The molecule has 6 heteroatoms. The molecule has 0 spiro atoms. The average Bonchev–Trinajstić information content (AvgIpc) is 2.73. The van der Waals surface area contributed by atoms with Gasteiger partial charge in [0.2, 0.25) is 5.91 Å². The molecule has 0 saturated carbocycles. The zero-order valence-electron chi connectivity index (χ0n) is 10.2. The summed E-state index contributed by atoms with van der Waals surface area (Å²) < 4.78 is 0. The second-order valence-electron chi connectivity index (χ2n) is 4.19. The van der Waals surface area contributed by atoms with Crippen LogP contribution in [-0.2, 0) is 9.59 Å². The van der Waals surface area contributed by atoms with Gasteiger partial charge in [-0.1, -0.05) is 0 Å². The Kier molecular flexibility index (Phi) is 2.87. The largest absolute Gasteiger partial charge is 0.370 e. The van der Waals surface area contributed by atoms with Gasteiger partial charge in [-0.05, 0) is 20.8 Å². The summed E-state index contributed by atoms with van der Waals surface area (Å²) in [5.74, 6) is -0.272. The van der Waals surface area contributed by atoms with E-state index in [4.69, 9.17) is 0 Å². The number of hydrogen-bond acceptors (Lipinski definition) is 4. The molecular weight excluding hydrogens is 220 g/mol. The first-order valence-corrected chi connectivity index (χ1v) is 5.67. The highest BCUT2D eigenvalue weighted by Gasteiger charge is 2.37. The minimum Gasteiger partial charge on any atom is -0.370 e. The van der Waals surface area contributed by atoms with Gasteiger partial charge >= 0.3 is 0 Å². The van der Waals surface area contributed by atoms with Crippen LogP contribution < -0.4 is 5.32 Å². The number of nitrogens with zero attached hydrogens (tertiary/aromatic N) is 2. The number of imide groups is 1. The number of amides is 2. The van der Waals surface area contributed by atoms with E-state index in [1.54, 1.807) is 6.92 Å². The van der Waals surface area contributed by atoms with Crippen LogP contribution in [0.1, 0.15) is 24.7 Å². The van der Waals surface area contributed by atoms with Crippen LogP contribution in [0.15, 0.2) is 0 Å². The number of anilines is 1. The normalized spacial score (nSPS) is 20.2. The van der Waals surface area contributed by atoms with Crippen LogP contribution in [0.3, 0.4) is 0 Å². The molecule has 1 aliphatic heterocycles. The Morgan fingerprint density at radius 3 is 2.65 bits per heavy atom. The summed E-state index contributed by atoms with van der Waals surface area (Å²) in [4.78, 5) is 24.8. The smallest absolute Gasteiger partial charge is 0.252 e. The predicted octanol–water partition coefficient (Wildman–Crippen LogP) is 0.586. The van der Waals surface area contributed by atoms with Crippen molar-refractivity contribution in [2.75, 3.05) is 11.9 Å². The Labute approximate surface area is 99.4 Å². The Balaban J connectivity index is 2.16. The second-order valence-corrected chi connectivity index (χ2v) is 4.19. The molecule has 0 bridgehead atoms. The van der Waals surface area contributed by atoms with E-state index in [1.807, 2.05) is 13.8 Å². The van der Waals surface area contributed by atoms with Gasteiger partial charge in [0.15, 0.2) is 0 Å². The van der Waals surface area contributed by atoms with Crippen molar-refractivity contribution in [3.8, 4) is 0 Å². The number of aromatic nitrogens is 2. The van der Waals surface area contributed by atoms with Crippen LogP contribution in [0.4, 0.5) is 5.69 Å². The number of likely N-dealkylation sites (N-methyl/N-ethyl adjacent to an activating group) is 1. The van der Waals surface area contributed by atoms with Gasteiger partial charge in [0, 0.05) is 6.54 Å². The maximum absolute atomic E-state index is 11.9. The van der Waals surface area contributed by atoms with Gasteiger partial charge in [-0.15, -0.1) is 0 Å². The third-order valence-corrected chi connectivity index (χ3v) is 3.01. The molecule has 2 N–H and O–H groups in total. The fourth-order valence-corrected chi connectivity index (χ4v) is 2.07. The van der Waals surface area contributed by atoms with Gasteiger partial charge in [0.1, 0.15) is 6.04 Å². The lowest BCUT2D eigenvalue weighted by Gasteiger charge is -2.14. The second kappa shape index (κ2) is 4.20. The molecule has 2 heterocycles. The summed E-state index contributed by atoms with van der Waals surface area (Å²) in [5, 5.41) is 9.98. The number of carbonyl (C=O) groups excluding carboxylic acids is 2. The molecule has 1 fully saturated rings. The Morgan fingerprint density at radius 2 is 2.18 bits per heavy atom. The van der Waals surface area contributed by atoms with Gasteiger partial charge in [0.25, 0.3) is 5.91 Å². The van der Waals surface area contributed by atoms with E-state index in [9.17, 15) is 9.59 Å². The van der Waals surface area contributed by atoms with Crippen LogP contribution in [0.25, 0.3) is 0 Å². The SMILES string of the molecule is CCN1C(=O)CC(Nc2c(C)n[nH]c2C)C1=O.